The van der Waals surface area contributed by atoms with Gasteiger partial charge in [-0.15, -0.1) is 11.3 Å². The summed E-state index contributed by atoms with van der Waals surface area (Å²) < 4.78 is 0. The molecule has 0 saturated carbocycles. The minimum Gasteiger partial charge on any atom is -0.364 e. The maximum atomic E-state index is 5.27. The van der Waals surface area contributed by atoms with Crippen molar-refractivity contribution in [1.29, 1.82) is 0 Å². The standard InChI is InChI=1S/C11H15N5S/c1-7-3-9(17-8(7)2)4-14-10-5-13-6-11(15-10)16-12/h3,5-6H,4,12H2,1-2H3,(H2,14,15,16). The van der Waals surface area contributed by atoms with Crippen LogP contribution in [0.3, 0.4) is 0 Å². The van der Waals surface area contributed by atoms with E-state index in [2.05, 4.69) is 40.6 Å². The maximum Gasteiger partial charge on any atom is 0.160 e. The molecule has 0 aliphatic heterocycles. The summed E-state index contributed by atoms with van der Waals surface area (Å²) in [7, 11) is 0. The van der Waals surface area contributed by atoms with Crippen LogP contribution in [0.2, 0.25) is 0 Å². The molecule has 0 atom stereocenters. The maximum absolute atomic E-state index is 5.27. The van der Waals surface area contributed by atoms with Crippen molar-refractivity contribution >= 4 is 23.0 Å². The molecule has 0 saturated heterocycles. The van der Waals surface area contributed by atoms with E-state index in [1.165, 1.54) is 15.3 Å². The van der Waals surface area contributed by atoms with Crippen LogP contribution in [0.1, 0.15) is 15.3 Å². The number of anilines is 2. The van der Waals surface area contributed by atoms with Gasteiger partial charge in [0.2, 0.25) is 0 Å². The number of nitrogen functional groups attached to an aromatic ring is 1. The topological polar surface area (TPSA) is 75.9 Å². The quantitative estimate of drug-likeness (QED) is 0.571. The summed E-state index contributed by atoms with van der Waals surface area (Å²) >= 11 is 1.79. The summed E-state index contributed by atoms with van der Waals surface area (Å²) in [4.78, 5) is 10.9. The van der Waals surface area contributed by atoms with E-state index >= 15 is 0 Å². The summed E-state index contributed by atoms with van der Waals surface area (Å²) in [6, 6.07) is 2.19. The van der Waals surface area contributed by atoms with E-state index in [4.69, 9.17) is 5.84 Å². The summed E-state index contributed by atoms with van der Waals surface area (Å²) in [5.74, 6) is 6.53. The van der Waals surface area contributed by atoms with E-state index in [0.29, 0.717) is 11.6 Å². The van der Waals surface area contributed by atoms with Crippen molar-refractivity contribution in [3.63, 3.8) is 0 Å². The molecular weight excluding hydrogens is 234 g/mol. The second-order valence-corrected chi connectivity index (χ2v) is 5.08. The number of hydrogen-bond acceptors (Lipinski definition) is 6. The smallest absolute Gasteiger partial charge is 0.160 e. The third-order valence-electron chi connectivity index (χ3n) is 2.44. The highest BCUT2D eigenvalue weighted by atomic mass is 32.1. The van der Waals surface area contributed by atoms with E-state index in [-0.39, 0.29) is 0 Å². The molecule has 0 aliphatic carbocycles. The Balaban J connectivity index is 2.01. The predicted octanol–water partition coefficient (Wildman–Crippen LogP) is 2.05. The Morgan fingerprint density at radius 2 is 2.06 bits per heavy atom. The van der Waals surface area contributed by atoms with Gasteiger partial charge in [-0.3, -0.25) is 4.98 Å². The Morgan fingerprint density at radius 1 is 1.29 bits per heavy atom. The van der Waals surface area contributed by atoms with Gasteiger partial charge in [0, 0.05) is 9.75 Å². The van der Waals surface area contributed by atoms with Gasteiger partial charge in [0.15, 0.2) is 5.82 Å². The molecule has 2 rings (SSSR count). The minimum atomic E-state index is 0.550. The lowest BCUT2D eigenvalue weighted by molar-refractivity contribution is 1.09. The van der Waals surface area contributed by atoms with Crippen molar-refractivity contribution in [2.24, 2.45) is 5.84 Å². The second-order valence-electron chi connectivity index (χ2n) is 3.74. The zero-order valence-electron chi connectivity index (χ0n) is 9.82. The number of rotatable bonds is 4. The number of hydrazine groups is 1. The molecular formula is C11H15N5S. The SMILES string of the molecule is Cc1cc(CNc2cncc(NN)n2)sc1C. The predicted molar refractivity (Wildman–Crippen MR) is 71.0 cm³/mol. The normalized spacial score (nSPS) is 10.3. The van der Waals surface area contributed by atoms with Gasteiger partial charge in [0.05, 0.1) is 18.9 Å². The molecule has 0 aromatic carbocycles. The molecule has 6 heteroatoms. The Bertz CT molecular complexity index is 489. The summed E-state index contributed by atoms with van der Waals surface area (Å²) in [5.41, 5.74) is 3.80. The van der Waals surface area contributed by atoms with Crippen LogP contribution in [0.4, 0.5) is 11.6 Å². The van der Waals surface area contributed by atoms with Crippen LogP contribution in [-0.2, 0) is 6.54 Å². The Kier molecular flexibility index (Phi) is 3.55. The van der Waals surface area contributed by atoms with Gasteiger partial charge in [0.25, 0.3) is 0 Å². The lowest BCUT2D eigenvalue weighted by Gasteiger charge is -2.04. The molecule has 0 radical (unpaired) electrons. The number of hydrogen-bond donors (Lipinski definition) is 3. The highest BCUT2D eigenvalue weighted by molar-refractivity contribution is 7.12. The number of nitrogens with one attached hydrogen (secondary N) is 2. The van der Waals surface area contributed by atoms with Crippen molar-refractivity contribution in [3.8, 4) is 0 Å². The van der Waals surface area contributed by atoms with E-state index in [1.807, 2.05) is 0 Å². The summed E-state index contributed by atoms with van der Waals surface area (Å²) in [6.07, 6.45) is 3.25. The summed E-state index contributed by atoms with van der Waals surface area (Å²) in [5, 5.41) is 3.22. The van der Waals surface area contributed by atoms with Crippen LogP contribution in [0.25, 0.3) is 0 Å². The highest BCUT2D eigenvalue weighted by Crippen LogP contribution is 2.21. The number of nitrogens with zero attached hydrogens (tertiary/aromatic N) is 2. The molecule has 0 spiro atoms. The van der Waals surface area contributed by atoms with E-state index in [9.17, 15) is 0 Å². The van der Waals surface area contributed by atoms with Crippen LogP contribution in [-0.4, -0.2) is 9.97 Å². The molecule has 5 nitrogen and oxygen atoms in total. The minimum absolute atomic E-state index is 0.550. The van der Waals surface area contributed by atoms with E-state index in [1.54, 1.807) is 23.7 Å². The van der Waals surface area contributed by atoms with Crippen molar-refractivity contribution in [3.05, 3.63) is 33.8 Å². The average molecular weight is 249 g/mol. The largest absolute Gasteiger partial charge is 0.364 e. The van der Waals surface area contributed by atoms with Crippen molar-refractivity contribution < 1.29 is 0 Å². The molecule has 0 bridgehead atoms. The molecule has 2 aromatic rings. The molecule has 0 aliphatic rings. The average Bonchev–Trinajstić information content (AvgIpc) is 2.67. The van der Waals surface area contributed by atoms with Crippen molar-refractivity contribution in [2.45, 2.75) is 20.4 Å². The van der Waals surface area contributed by atoms with Gasteiger partial charge in [0.1, 0.15) is 5.82 Å². The van der Waals surface area contributed by atoms with Gasteiger partial charge in [-0.25, -0.2) is 10.8 Å². The molecule has 2 aromatic heterocycles. The fourth-order valence-corrected chi connectivity index (χ4v) is 2.43. The first-order chi connectivity index (χ1) is 8.19. The van der Waals surface area contributed by atoms with Gasteiger partial charge >= 0.3 is 0 Å². The van der Waals surface area contributed by atoms with Gasteiger partial charge in [-0.1, -0.05) is 0 Å². The number of thiophene rings is 1. The number of aryl methyl sites for hydroxylation is 2. The van der Waals surface area contributed by atoms with Gasteiger partial charge < -0.3 is 10.7 Å². The highest BCUT2D eigenvalue weighted by Gasteiger charge is 2.02. The molecule has 90 valence electrons. The molecule has 0 amide bonds. The second kappa shape index (κ2) is 5.11. The molecule has 17 heavy (non-hydrogen) atoms. The molecule has 0 fully saturated rings. The van der Waals surface area contributed by atoms with Gasteiger partial charge in [-0.2, -0.15) is 0 Å². The third-order valence-corrected chi connectivity index (χ3v) is 3.60. The Hall–Kier alpha value is -1.66. The van der Waals surface area contributed by atoms with Crippen LogP contribution in [0, 0.1) is 13.8 Å². The van der Waals surface area contributed by atoms with Crippen LogP contribution in [0.15, 0.2) is 18.5 Å². The Labute approximate surface area is 104 Å². The third kappa shape index (κ3) is 2.92. The molecule has 2 heterocycles. The lowest BCUT2D eigenvalue weighted by atomic mass is 10.3. The van der Waals surface area contributed by atoms with Crippen LogP contribution >= 0.6 is 11.3 Å². The fourth-order valence-electron chi connectivity index (χ4n) is 1.44. The zero-order valence-corrected chi connectivity index (χ0v) is 10.6. The monoisotopic (exact) mass is 249 g/mol. The lowest BCUT2D eigenvalue weighted by Crippen LogP contribution is -2.10. The number of nitrogens with two attached hydrogens (primary N) is 1. The Morgan fingerprint density at radius 3 is 2.71 bits per heavy atom. The number of aromatic nitrogens is 2. The molecule has 0 unspecified atom stereocenters. The van der Waals surface area contributed by atoms with Gasteiger partial charge in [-0.05, 0) is 25.5 Å². The first-order valence-corrected chi connectivity index (χ1v) is 6.09. The zero-order chi connectivity index (χ0) is 12.3. The first kappa shape index (κ1) is 11.8. The van der Waals surface area contributed by atoms with Crippen LogP contribution < -0.4 is 16.6 Å². The molecule has 4 N–H and O–H groups in total. The van der Waals surface area contributed by atoms with Crippen molar-refractivity contribution in [2.75, 3.05) is 10.7 Å². The van der Waals surface area contributed by atoms with Crippen molar-refractivity contribution in [1.82, 2.24) is 9.97 Å². The first-order valence-electron chi connectivity index (χ1n) is 5.27. The fraction of sp³-hybridized carbons (Fsp3) is 0.273. The summed E-state index contributed by atoms with van der Waals surface area (Å²) in [6.45, 7) is 5.00. The van der Waals surface area contributed by atoms with E-state index in [0.717, 1.165) is 6.54 Å². The van der Waals surface area contributed by atoms with E-state index < -0.39 is 0 Å². The van der Waals surface area contributed by atoms with Crippen LogP contribution in [0.5, 0.6) is 0 Å².